The lowest BCUT2D eigenvalue weighted by molar-refractivity contribution is -0.125. The summed E-state index contributed by atoms with van der Waals surface area (Å²) in [6.07, 6.45) is -0.546. The van der Waals surface area contributed by atoms with Crippen LogP contribution in [0.25, 0.3) is 0 Å². The second kappa shape index (κ2) is 7.91. The van der Waals surface area contributed by atoms with Crippen molar-refractivity contribution in [3.63, 3.8) is 0 Å². The van der Waals surface area contributed by atoms with Gasteiger partial charge in [0.25, 0.3) is 0 Å². The van der Waals surface area contributed by atoms with Crippen LogP contribution in [0.15, 0.2) is 12.1 Å². The second-order valence-electron chi connectivity index (χ2n) is 4.67. The van der Waals surface area contributed by atoms with Crippen molar-refractivity contribution in [2.75, 3.05) is 10.6 Å². The van der Waals surface area contributed by atoms with Crippen LogP contribution in [0, 0.1) is 0 Å². The molecule has 0 radical (unpaired) electrons. The van der Waals surface area contributed by atoms with Gasteiger partial charge in [-0.15, -0.1) is 0 Å². The van der Waals surface area contributed by atoms with Crippen LogP contribution >= 0.6 is 23.2 Å². The quantitative estimate of drug-likeness (QED) is 0.776. The van der Waals surface area contributed by atoms with Gasteiger partial charge in [0.05, 0.1) is 34.3 Å². The van der Waals surface area contributed by atoms with E-state index in [4.69, 9.17) is 23.2 Å². The predicted octanol–water partition coefficient (Wildman–Crippen LogP) is 2.83. The number of hydrogen-bond donors (Lipinski definition) is 2. The first-order valence-corrected chi connectivity index (χ1v) is 7.02. The summed E-state index contributed by atoms with van der Waals surface area (Å²) in [5.74, 6) is -1.60. The van der Waals surface area contributed by atoms with Gasteiger partial charge in [-0.3, -0.25) is 19.2 Å². The molecule has 0 aromatic heterocycles. The molecule has 1 rings (SSSR count). The second-order valence-corrected chi connectivity index (χ2v) is 5.48. The van der Waals surface area contributed by atoms with Gasteiger partial charge in [0, 0.05) is 0 Å². The number of rotatable bonds is 6. The third-order valence-corrected chi connectivity index (χ3v) is 3.05. The largest absolute Gasteiger partial charge is 0.324 e. The molecule has 0 unspecified atom stereocenters. The highest BCUT2D eigenvalue weighted by molar-refractivity contribution is 6.38. The number of benzene rings is 1. The number of halogens is 2. The van der Waals surface area contributed by atoms with E-state index in [1.165, 1.54) is 26.0 Å². The Balaban J connectivity index is 2.87. The zero-order valence-corrected chi connectivity index (χ0v) is 13.5. The van der Waals surface area contributed by atoms with Gasteiger partial charge in [-0.25, -0.2) is 0 Å². The van der Waals surface area contributed by atoms with Crippen molar-refractivity contribution in [2.45, 2.75) is 26.7 Å². The molecule has 8 heteroatoms. The van der Waals surface area contributed by atoms with Crippen molar-refractivity contribution in [1.82, 2.24) is 0 Å². The molecule has 118 valence electrons. The van der Waals surface area contributed by atoms with Crippen LogP contribution in [0.1, 0.15) is 26.7 Å². The minimum atomic E-state index is -0.515. The molecule has 1 aromatic carbocycles. The summed E-state index contributed by atoms with van der Waals surface area (Å²) in [5, 5.41) is 5.18. The summed E-state index contributed by atoms with van der Waals surface area (Å²) in [5.41, 5.74) is 0.449. The molecular weight excluding hydrogens is 331 g/mol. The van der Waals surface area contributed by atoms with E-state index in [-0.39, 0.29) is 45.8 Å². The monoisotopic (exact) mass is 344 g/mol. The molecule has 0 fully saturated rings. The maximum absolute atomic E-state index is 11.5. The Morgan fingerprint density at radius 2 is 1.14 bits per heavy atom. The van der Waals surface area contributed by atoms with E-state index in [1.807, 2.05) is 0 Å². The number of carbonyl (C=O) groups is 4. The molecule has 0 aliphatic heterocycles. The number of hydrogen-bond acceptors (Lipinski definition) is 4. The summed E-state index contributed by atoms with van der Waals surface area (Å²) in [7, 11) is 0. The van der Waals surface area contributed by atoms with Crippen LogP contribution in [0.2, 0.25) is 10.0 Å². The Bertz CT molecular complexity index is 588. The summed E-state index contributed by atoms with van der Waals surface area (Å²) in [4.78, 5) is 44.8. The molecule has 1 aromatic rings. The Morgan fingerprint density at radius 1 is 0.818 bits per heavy atom. The van der Waals surface area contributed by atoms with E-state index in [9.17, 15) is 19.2 Å². The molecule has 22 heavy (non-hydrogen) atoms. The zero-order chi connectivity index (χ0) is 16.9. The van der Waals surface area contributed by atoms with E-state index in [0.29, 0.717) is 0 Å². The van der Waals surface area contributed by atoms with Gasteiger partial charge in [0.1, 0.15) is 11.6 Å². The Morgan fingerprint density at radius 3 is 1.41 bits per heavy atom. The number of nitrogens with one attached hydrogen (secondary N) is 2. The SMILES string of the molecule is CC(=O)CC(=O)Nc1cc(Cl)c(NC(=O)CC(C)=O)cc1Cl. The molecule has 0 aliphatic carbocycles. The van der Waals surface area contributed by atoms with Gasteiger partial charge in [0.2, 0.25) is 11.8 Å². The third-order valence-electron chi connectivity index (χ3n) is 2.42. The Kier molecular flexibility index (Phi) is 6.52. The van der Waals surface area contributed by atoms with Crippen LogP contribution in [-0.2, 0) is 19.2 Å². The standard InChI is InChI=1S/C14H14Cl2N2O4/c1-7(19)3-13(21)17-11-5-10(16)12(6-9(11)15)18-14(22)4-8(2)20/h5-6H,3-4H2,1-2H3,(H,17,21)(H,18,22). The van der Waals surface area contributed by atoms with Crippen LogP contribution in [0.3, 0.4) is 0 Å². The average Bonchev–Trinajstić information content (AvgIpc) is 2.33. The highest BCUT2D eigenvalue weighted by atomic mass is 35.5. The molecule has 2 N–H and O–H groups in total. The molecule has 0 atom stereocenters. The Labute approximate surface area is 137 Å². The highest BCUT2D eigenvalue weighted by Crippen LogP contribution is 2.32. The molecule has 0 saturated heterocycles. The first kappa shape index (κ1) is 18.1. The molecule has 6 nitrogen and oxygen atoms in total. The molecule has 0 bridgehead atoms. The van der Waals surface area contributed by atoms with Crippen molar-refractivity contribution in [3.8, 4) is 0 Å². The van der Waals surface area contributed by atoms with Crippen molar-refractivity contribution in [3.05, 3.63) is 22.2 Å². The summed E-state index contributed by atoms with van der Waals surface area (Å²) in [6.45, 7) is 2.59. The maximum atomic E-state index is 11.5. The van der Waals surface area contributed by atoms with Gasteiger partial charge in [-0.05, 0) is 26.0 Å². The van der Waals surface area contributed by atoms with E-state index >= 15 is 0 Å². The van der Waals surface area contributed by atoms with E-state index in [2.05, 4.69) is 10.6 Å². The summed E-state index contributed by atoms with van der Waals surface area (Å²) < 4.78 is 0. The van der Waals surface area contributed by atoms with Crippen LogP contribution in [-0.4, -0.2) is 23.4 Å². The fourth-order valence-electron chi connectivity index (χ4n) is 1.58. The minimum Gasteiger partial charge on any atom is -0.324 e. The first-order valence-electron chi connectivity index (χ1n) is 6.26. The smallest absolute Gasteiger partial charge is 0.231 e. The lowest BCUT2D eigenvalue weighted by Gasteiger charge is -2.11. The van der Waals surface area contributed by atoms with Crippen molar-refractivity contribution < 1.29 is 19.2 Å². The number of Topliss-reactive ketones (excluding diaryl/α,β-unsaturated/α-hetero) is 2. The summed E-state index contributed by atoms with van der Waals surface area (Å²) in [6, 6.07) is 2.70. The van der Waals surface area contributed by atoms with Crippen molar-refractivity contribution in [1.29, 1.82) is 0 Å². The van der Waals surface area contributed by atoms with Gasteiger partial charge in [-0.1, -0.05) is 23.2 Å². The fraction of sp³-hybridized carbons (Fsp3) is 0.286. The predicted molar refractivity (Wildman–Crippen MR) is 84.3 cm³/mol. The van der Waals surface area contributed by atoms with Crippen LogP contribution in [0.4, 0.5) is 11.4 Å². The lowest BCUT2D eigenvalue weighted by atomic mass is 10.2. The molecular formula is C14H14Cl2N2O4. The molecule has 0 heterocycles. The highest BCUT2D eigenvalue weighted by Gasteiger charge is 2.13. The maximum Gasteiger partial charge on any atom is 0.231 e. The molecule has 0 aliphatic rings. The molecule has 2 amide bonds. The third kappa shape index (κ3) is 5.83. The fourth-order valence-corrected chi connectivity index (χ4v) is 2.00. The zero-order valence-electron chi connectivity index (χ0n) is 12.0. The van der Waals surface area contributed by atoms with Gasteiger partial charge in [0.15, 0.2) is 0 Å². The van der Waals surface area contributed by atoms with Gasteiger partial charge < -0.3 is 10.6 Å². The number of anilines is 2. The van der Waals surface area contributed by atoms with E-state index in [1.54, 1.807) is 0 Å². The molecule has 0 spiro atoms. The van der Waals surface area contributed by atoms with Gasteiger partial charge >= 0.3 is 0 Å². The van der Waals surface area contributed by atoms with E-state index in [0.717, 1.165) is 0 Å². The number of ketones is 2. The Hall–Kier alpha value is -1.92. The minimum absolute atomic E-state index is 0.138. The number of carbonyl (C=O) groups excluding carboxylic acids is 4. The van der Waals surface area contributed by atoms with E-state index < -0.39 is 11.8 Å². The van der Waals surface area contributed by atoms with Gasteiger partial charge in [-0.2, -0.15) is 0 Å². The average molecular weight is 345 g/mol. The summed E-state index contributed by atoms with van der Waals surface area (Å²) >= 11 is 12.0. The topological polar surface area (TPSA) is 92.3 Å². The van der Waals surface area contributed by atoms with Crippen molar-refractivity contribution >= 4 is 58.0 Å². The van der Waals surface area contributed by atoms with Crippen molar-refractivity contribution in [2.24, 2.45) is 0 Å². The normalized spacial score (nSPS) is 10.0. The van der Waals surface area contributed by atoms with Crippen LogP contribution < -0.4 is 10.6 Å². The number of amides is 2. The first-order chi connectivity index (χ1) is 10.2. The lowest BCUT2D eigenvalue weighted by Crippen LogP contribution is -2.16. The van der Waals surface area contributed by atoms with Crippen LogP contribution in [0.5, 0.6) is 0 Å². The molecule has 0 saturated carbocycles.